The zero-order valence-electron chi connectivity index (χ0n) is 9.81. The lowest BCUT2D eigenvalue weighted by molar-refractivity contribution is -0.170. The number of hydrogen-bond acceptors (Lipinski definition) is 2. The smallest absolute Gasteiger partial charge is 0.294 e. The summed E-state index contributed by atoms with van der Waals surface area (Å²) in [7, 11) is 0. The van der Waals surface area contributed by atoms with Crippen molar-refractivity contribution in [1.82, 2.24) is 0 Å². The molecule has 0 bridgehead atoms. The molecule has 0 heterocycles. The van der Waals surface area contributed by atoms with E-state index in [1.807, 2.05) is 0 Å². The van der Waals surface area contributed by atoms with E-state index in [-0.39, 0.29) is 0 Å². The molecule has 1 aromatic carbocycles. The molecule has 0 spiro atoms. The van der Waals surface area contributed by atoms with E-state index in [4.69, 9.17) is 0 Å². The van der Waals surface area contributed by atoms with Gasteiger partial charge in [0, 0.05) is 18.4 Å². The summed E-state index contributed by atoms with van der Waals surface area (Å²) in [6, 6.07) is 3.73. The van der Waals surface area contributed by atoms with Crippen LogP contribution in [0.5, 0.6) is 0 Å². The van der Waals surface area contributed by atoms with Crippen molar-refractivity contribution in [1.29, 1.82) is 0 Å². The maximum atomic E-state index is 12.6. The van der Waals surface area contributed by atoms with Crippen molar-refractivity contribution < 1.29 is 35.9 Å². The van der Waals surface area contributed by atoms with Gasteiger partial charge in [0.25, 0.3) is 0 Å². The minimum Gasteiger partial charge on any atom is -0.294 e. The van der Waals surface area contributed by atoms with Gasteiger partial charge in [-0.3, -0.25) is 9.59 Å². The third kappa shape index (κ3) is 4.07. The molecule has 0 saturated heterocycles. The van der Waals surface area contributed by atoms with E-state index in [2.05, 4.69) is 0 Å². The van der Waals surface area contributed by atoms with E-state index in [0.29, 0.717) is 6.07 Å². The van der Waals surface area contributed by atoms with E-state index < -0.39 is 47.9 Å². The summed E-state index contributed by atoms with van der Waals surface area (Å²) < 4.78 is 73.6. The Morgan fingerprint density at radius 1 is 0.900 bits per heavy atom. The molecule has 0 unspecified atom stereocenters. The van der Waals surface area contributed by atoms with Crippen LogP contribution in [0.3, 0.4) is 0 Å². The molecule has 1 rings (SSSR count). The first kappa shape index (κ1) is 16.2. The van der Waals surface area contributed by atoms with Crippen molar-refractivity contribution in [2.45, 2.75) is 25.2 Å². The van der Waals surface area contributed by atoms with Gasteiger partial charge in [0.15, 0.2) is 5.78 Å². The van der Waals surface area contributed by atoms with Gasteiger partial charge in [-0.1, -0.05) is 18.2 Å². The average Bonchev–Trinajstić information content (AvgIpc) is 2.33. The maximum absolute atomic E-state index is 12.6. The van der Waals surface area contributed by atoms with Crippen LogP contribution in [0.1, 0.15) is 28.8 Å². The molecule has 0 aliphatic heterocycles. The van der Waals surface area contributed by atoms with E-state index >= 15 is 0 Å². The molecule has 0 aliphatic carbocycles. The lowest BCUT2D eigenvalue weighted by Gasteiger charge is -2.11. The number of alkyl halides is 6. The Morgan fingerprint density at radius 3 is 1.95 bits per heavy atom. The standard InChI is InChI=1S/C12H8F6O2/c13-11(14,15)8-4-2-1-3-7(8)9(19)5-6-10(20)12(16,17)18/h1-4H,5-6H2. The highest BCUT2D eigenvalue weighted by Crippen LogP contribution is 2.32. The van der Waals surface area contributed by atoms with Gasteiger partial charge in [-0.05, 0) is 6.07 Å². The highest BCUT2D eigenvalue weighted by molar-refractivity contribution is 6.00. The first-order valence-electron chi connectivity index (χ1n) is 5.33. The van der Waals surface area contributed by atoms with Gasteiger partial charge in [0.1, 0.15) is 0 Å². The van der Waals surface area contributed by atoms with Crippen LogP contribution in [0.25, 0.3) is 0 Å². The van der Waals surface area contributed by atoms with Crippen LogP contribution < -0.4 is 0 Å². The molecule has 0 aromatic heterocycles. The third-order valence-corrected chi connectivity index (χ3v) is 2.43. The predicted molar refractivity (Wildman–Crippen MR) is 56.1 cm³/mol. The van der Waals surface area contributed by atoms with Gasteiger partial charge >= 0.3 is 12.4 Å². The first-order chi connectivity index (χ1) is 9.03. The van der Waals surface area contributed by atoms with Crippen molar-refractivity contribution in [3.63, 3.8) is 0 Å². The van der Waals surface area contributed by atoms with Gasteiger partial charge in [0.05, 0.1) is 5.56 Å². The minimum atomic E-state index is -5.09. The quantitative estimate of drug-likeness (QED) is 0.626. The zero-order valence-corrected chi connectivity index (χ0v) is 9.81. The number of hydrogen-bond donors (Lipinski definition) is 0. The number of carbonyl (C=O) groups excluding carboxylic acids is 2. The minimum absolute atomic E-state index is 0.652. The average molecular weight is 298 g/mol. The molecule has 20 heavy (non-hydrogen) atoms. The third-order valence-electron chi connectivity index (χ3n) is 2.43. The van der Waals surface area contributed by atoms with Gasteiger partial charge in [0.2, 0.25) is 5.78 Å². The van der Waals surface area contributed by atoms with Crippen LogP contribution in [0.4, 0.5) is 26.3 Å². The van der Waals surface area contributed by atoms with Crippen molar-refractivity contribution in [3.05, 3.63) is 35.4 Å². The first-order valence-corrected chi connectivity index (χ1v) is 5.33. The van der Waals surface area contributed by atoms with Crippen LogP contribution in [0, 0.1) is 0 Å². The number of benzene rings is 1. The fourth-order valence-electron chi connectivity index (χ4n) is 1.48. The molecule has 0 amide bonds. The van der Waals surface area contributed by atoms with Crippen LogP contribution in [0.15, 0.2) is 24.3 Å². The Bertz CT molecular complexity index is 515. The molecule has 1 aromatic rings. The Balaban J connectivity index is 2.87. The highest BCUT2D eigenvalue weighted by Gasteiger charge is 2.39. The second-order valence-corrected chi connectivity index (χ2v) is 3.89. The summed E-state index contributed by atoms with van der Waals surface area (Å²) in [5.41, 5.74) is -1.97. The second kappa shape index (κ2) is 5.64. The molecule has 0 N–H and O–H groups in total. The van der Waals surface area contributed by atoms with Gasteiger partial charge in [-0.2, -0.15) is 26.3 Å². The van der Waals surface area contributed by atoms with Crippen molar-refractivity contribution >= 4 is 11.6 Å². The van der Waals surface area contributed by atoms with Gasteiger partial charge in [-0.25, -0.2) is 0 Å². The molecular weight excluding hydrogens is 290 g/mol. The van der Waals surface area contributed by atoms with Crippen LogP contribution in [0.2, 0.25) is 0 Å². The van der Waals surface area contributed by atoms with Gasteiger partial charge < -0.3 is 0 Å². The van der Waals surface area contributed by atoms with Gasteiger partial charge in [-0.15, -0.1) is 0 Å². The Kier molecular flexibility index (Phi) is 4.57. The molecular formula is C12H8F6O2. The Morgan fingerprint density at radius 2 is 1.45 bits per heavy atom. The summed E-state index contributed by atoms with van der Waals surface area (Å²) in [4.78, 5) is 22.1. The fourth-order valence-corrected chi connectivity index (χ4v) is 1.48. The summed E-state index contributed by atoms with van der Waals surface area (Å²) in [6.45, 7) is 0. The summed E-state index contributed by atoms with van der Waals surface area (Å²) in [5.74, 6) is -3.30. The number of halogens is 6. The van der Waals surface area contributed by atoms with E-state index in [9.17, 15) is 35.9 Å². The maximum Gasteiger partial charge on any atom is 0.449 e. The number of ketones is 2. The predicted octanol–water partition coefficient (Wildman–Crippen LogP) is 3.80. The number of rotatable bonds is 4. The van der Waals surface area contributed by atoms with Crippen LogP contribution >= 0.6 is 0 Å². The SMILES string of the molecule is O=C(CCC(=O)C(F)(F)F)c1ccccc1C(F)(F)F. The largest absolute Gasteiger partial charge is 0.449 e. The number of Topliss-reactive ketones (excluding diaryl/α,β-unsaturated/α-hetero) is 2. The molecule has 0 saturated carbocycles. The lowest BCUT2D eigenvalue weighted by Crippen LogP contribution is -2.23. The summed E-state index contributed by atoms with van der Waals surface area (Å²) >= 11 is 0. The van der Waals surface area contributed by atoms with Crippen LogP contribution in [-0.2, 0) is 11.0 Å². The summed E-state index contributed by atoms with van der Waals surface area (Å²) in [5, 5.41) is 0. The summed E-state index contributed by atoms with van der Waals surface area (Å²) in [6.07, 6.45) is -12.0. The highest BCUT2D eigenvalue weighted by atomic mass is 19.4. The molecule has 0 atom stereocenters. The number of carbonyl (C=O) groups is 2. The Labute approximate surface area is 109 Å². The topological polar surface area (TPSA) is 34.1 Å². The second-order valence-electron chi connectivity index (χ2n) is 3.89. The van der Waals surface area contributed by atoms with E-state index in [1.165, 1.54) is 0 Å². The molecule has 0 aliphatic rings. The van der Waals surface area contributed by atoms with Crippen molar-refractivity contribution in [3.8, 4) is 0 Å². The normalized spacial score (nSPS) is 12.3. The van der Waals surface area contributed by atoms with E-state index in [0.717, 1.165) is 18.2 Å². The molecule has 0 radical (unpaired) electrons. The van der Waals surface area contributed by atoms with E-state index in [1.54, 1.807) is 0 Å². The lowest BCUT2D eigenvalue weighted by atomic mass is 9.99. The van der Waals surface area contributed by atoms with Crippen LogP contribution in [-0.4, -0.2) is 17.7 Å². The Hall–Kier alpha value is -1.86. The monoisotopic (exact) mass is 298 g/mol. The zero-order chi connectivity index (χ0) is 15.6. The molecule has 110 valence electrons. The molecule has 2 nitrogen and oxygen atoms in total. The van der Waals surface area contributed by atoms with Crippen molar-refractivity contribution in [2.24, 2.45) is 0 Å². The molecule has 8 heteroatoms. The fraction of sp³-hybridized carbons (Fsp3) is 0.333. The van der Waals surface area contributed by atoms with Crippen molar-refractivity contribution in [2.75, 3.05) is 0 Å². The molecule has 0 fully saturated rings.